The van der Waals surface area contributed by atoms with E-state index in [4.69, 9.17) is 4.74 Å². The summed E-state index contributed by atoms with van der Waals surface area (Å²) < 4.78 is 20.0. The normalized spacial score (nSPS) is 10.7. The molecule has 2 aromatic rings. The second-order valence-electron chi connectivity index (χ2n) is 4.53. The molecular weight excluding hydrogens is 341 g/mol. The number of hydrogen-bond acceptors (Lipinski definition) is 4. The van der Waals surface area contributed by atoms with Crippen LogP contribution in [0.5, 0.6) is 0 Å². The lowest BCUT2D eigenvalue weighted by Crippen LogP contribution is -2.10. The lowest BCUT2D eigenvalue weighted by atomic mass is 10.2. The Labute approximate surface area is 130 Å². The SMILES string of the molecule is CCCc1c(C(=O)OC)nnn1Cc1ccc(F)c(Br)c1. The van der Waals surface area contributed by atoms with E-state index in [1.165, 1.54) is 13.2 Å². The Balaban J connectivity index is 2.32. The van der Waals surface area contributed by atoms with Crippen LogP contribution < -0.4 is 0 Å². The van der Waals surface area contributed by atoms with E-state index >= 15 is 0 Å². The molecule has 0 atom stereocenters. The summed E-state index contributed by atoms with van der Waals surface area (Å²) in [6.45, 7) is 2.42. The maximum atomic E-state index is 13.3. The van der Waals surface area contributed by atoms with E-state index in [1.807, 2.05) is 6.92 Å². The van der Waals surface area contributed by atoms with Gasteiger partial charge in [-0.15, -0.1) is 5.10 Å². The molecule has 0 aliphatic carbocycles. The second kappa shape index (κ2) is 6.80. The topological polar surface area (TPSA) is 57.0 Å². The molecular formula is C14H15BrFN3O2. The van der Waals surface area contributed by atoms with Crippen LogP contribution in [0.3, 0.4) is 0 Å². The van der Waals surface area contributed by atoms with Crippen LogP contribution in [0.2, 0.25) is 0 Å². The summed E-state index contributed by atoms with van der Waals surface area (Å²) in [5.41, 5.74) is 1.83. The molecule has 1 aromatic heterocycles. The van der Waals surface area contributed by atoms with E-state index in [2.05, 4.69) is 26.2 Å². The van der Waals surface area contributed by atoms with Crippen molar-refractivity contribution in [2.45, 2.75) is 26.3 Å². The Morgan fingerprint density at radius 2 is 2.24 bits per heavy atom. The van der Waals surface area contributed by atoms with Crippen molar-refractivity contribution >= 4 is 21.9 Å². The van der Waals surface area contributed by atoms with Crippen molar-refractivity contribution in [2.24, 2.45) is 0 Å². The van der Waals surface area contributed by atoms with Crippen LogP contribution in [0.25, 0.3) is 0 Å². The average Bonchev–Trinajstić information content (AvgIpc) is 2.85. The van der Waals surface area contributed by atoms with E-state index in [0.717, 1.165) is 17.7 Å². The summed E-state index contributed by atoms with van der Waals surface area (Å²) in [5.74, 6) is -0.814. The zero-order valence-corrected chi connectivity index (χ0v) is 13.4. The maximum Gasteiger partial charge on any atom is 0.360 e. The van der Waals surface area contributed by atoms with Crippen molar-refractivity contribution in [2.75, 3.05) is 7.11 Å². The number of esters is 1. The number of halogens is 2. The van der Waals surface area contributed by atoms with Gasteiger partial charge in [-0.25, -0.2) is 13.9 Å². The minimum absolute atomic E-state index is 0.237. The minimum atomic E-state index is -0.495. The molecule has 0 unspecified atom stereocenters. The summed E-state index contributed by atoms with van der Waals surface area (Å²) >= 11 is 3.15. The molecule has 0 amide bonds. The van der Waals surface area contributed by atoms with Gasteiger partial charge in [0.15, 0.2) is 5.69 Å². The quantitative estimate of drug-likeness (QED) is 0.773. The van der Waals surface area contributed by atoms with E-state index in [0.29, 0.717) is 17.4 Å². The van der Waals surface area contributed by atoms with E-state index in [1.54, 1.807) is 16.8 Å². The predicted octanol–water partition coefficient (Wildman–Crippen LogP) is 2.97. The van der Waals surface area contributed by atoms with Gasteiger partial charge >= 0.3 is 5.97 Å². The molecule has 0 aliphatic heterocycles. The number of benzene rings is 1. The monoisotopic (exact) mass is 355 g/mol. The van der Waals surface area contributed by atoms with Gasteiger partial charge < -0.3 is 4.74 Å². The van der Waals surface area contributed by atoms with Crippen molar-refractivity contribution in [1.29, 1.82) is 0 Å². The van der Waals surface area contributed by atoms with E-state index < -0.39 is 5.97 Å². The number of carbonyl (C=O) groups excluding carboxylic acids is 1. The molecule has 7 heteroatoms. The van der Waals surface area contributed by atoms with E-state index in [9.17, 15) is 9.18 Å². The predicted molar refractivity (Wildman–Crippen MR) is 78.6 cm³/mol. The molecule has 5 nitrogen and oxygen atoms in total. The van der Waals surface area contributed by atoms with Crippen LogP contribution in [-0.2, 0) is 17.7 Å². The highest BCUT2D eigenvalue weighted by molar-refractivity contribution is 9.10. The molecule has 1 aromatic carbocycles. The van der Waals surface area contributed by atoms with Gasteiger partial charge in [-0.3, -0.25) is 0 Å². The summed E-state index contributed by atoms with van der Waals surface area (Å²) in [7, 11) is 1.31. The van der Waals surface area contributed by atoms with Gasteiger partial charge in [-0.2, -0.15) is 0 Å². The molecule has 112 valence electrons. The molecule has 0 saturated heterocycles. The Morgan fingerprint density at radius 3 is 2.86 bits per heavy atom. The number of rotatable bonds is 5. The first-order valence-electron chi connectivity index (χ1n) is 6.51. The summed E-state index contributed by atoms with van der Waals surface area (Å²) in [5, 5.41) is 7.90. The number of nitrogens with zero attached hydrogens (tertiary/aromatic N) is 3. The third kappa shape index (κ3) is 3.47. The number of ether oxygens (including phenoxy) is 1. The highest BCUT2D eigenvalue weighted by atomic mass is 79.9. The van der Waals surface area contributed by atoms with Crippen LogP contribution in [0.1, 0.15) is 35.1 Å². The van der Waals surface area contributed by atoms with Crippen molar-refractivity contribution in [1.82, 2.24) is 15.0 Å². The van der Waals surface area contributed by atoms with Gasteiger partial charge in [0.1, 0.15) is 5.82 Å². The molecule has 0 spiro atoms. The van der Waals surface area contributed by atoms with Gasteiger partial charge in [-0.05, 0) is 40.0 Å². The number of hydrogen-bond donors (Lipinski definition) is 0. The van der Waals surface area contributed by atoms with Crippen LogP contribution >= 0.6 is 15.9 Å². The van der Waals surface area contributed by atoms with Gasteiger partial charge in [-0.1, -0.05) is 24.6 Å². The first-order chi connectivity index (χ1) is 10.1. The number of aromatic nitrogens is 3. The zero-order chi connectivity index (χ0) is 15.4. The maximum absolute atomic E-state index is 13.3. The Bertz CT molecular complexity index is 658. The minimum Gasteiger partial charge on any atom is -0.464 e. The lowest BCUT2D eigenvalue weighted by molar-refractivity contribution is 0.0592. The highest BCUT2D eigenvalue weighted by Gasteiger charge is 2.19. The van der Waals surface area contributed by atoms with Crippen LogP contribution in [0.15, 0.2) is 22.7 Å². The van der Waals surface area contributed by atoms with Crippen molar-refractivity contribution < 1.29 is 13.9 Å². The summed E-state index contributed by atoms with van der Waals surface area (Å²) in [6.07, 6.45) is 1.52. The molecule has 0 radical (unpaired) electrons. The smallest absolute Gasteiger partial charge is 0.360 e. The zero-order valence-electron chi connectivity index (χ0n) is 11.8. The third-order valence-corrected chi connectivity index (χ3v) is 3.63. The second-order valence-corrected chi connectivity index (χ2v) is 5.39. The Kier molecular flexibility index (Phi) is 5.06. The van der Waals surface area contributed by atoms with Crippen LogP contribution in [0, 0.1) is 5.82 Å². The summed E-state index contributed by atoms with van der Waals surface area (Å²) in [6, 6.07) is 4.75. The first-order valence-corrected chi connectivity index (χ1v) is 7.30. The average molecular weight is 356 g/mol. The van der Waals surface area contributed by atoms with Gasteiger partial charge in [0.05, 0.1) is 23.8 Å². The molecule has 1 heterocycles. The standard InChI is InChI=1S/C14H15BrFN3O2/c1-3-4-12-13(14(20)21-2)17-18-19(12)8-9-5-6-11(16)10(15)7-9/h5-7H,3-4,8H2,1-2H3. The summed E-state index contributed by atoms with van der Waals surface area (Å²) in [4.78, 5) is 11.7. The van der Waals surface area contributed by atoms with E-state index in [-0.39, 0.29) is 11.5 Å². The van der Waals surface area contributed by atoms with Crippen molar-refractivity contribution in [3.63, 3.8) is 0 Å². The highest BCUT2D eigenvalue weighted by Crippen LogP contribution is 2.18. The molecule has 0 fully saturated rings. The number of methoxy groups -OCH3 is 1. The van der Waals surface area contributed by atoms with Gasteiger partial charge in [0.25, 0.3) is 0 Å². The van der Waals surface area contributed by atoms with Crippen LogP contribution in [0.4, 0.5) is 4.39 Å². The molecule has 0 N–H and O–H groups in total. The van der Waals surface area contributed by atoms with Crippen LogP contribution in [-0.4, -0.2) is 28.1 Å². The third-order valence-electron chi connectivity index (χ3n) is 3.02. The largest absolute Gasteiger partial charge is 0.464 e. The molecule has 0 saturated carbocycles. The Hall–Kier alpha value is -1.76. The number of carbonyl (C=O) groups is 1. The first kappa shape index (κ1) is 15.6. The fourth-order valence-electron chi connectivity index (χ4n) is 2.01. The lowest BCUT2D eigenvalue weighted by Gasteiger charge is -2.07. The van der Waals surface area contributed by atoms with Gasteiger partial charge in [0, 0.05) is 0 Å². The Morgan fingerprint density at radius 1 is 1.48 bits per heavy atom. The molecule has 0 aliphatic rings. The molecule has 2 rings (SSSR count). The molecule has 0 bridgehead atoms. The van der Waals surface area contributed by atoms with Crippen molar-refractivity contribution in [3.8, 4) is 0 Å². The molecule has 21 heavy (non-hydrogen) atoms. The van der Waals surface area contributed by atoms with Crippen molar-refractivity contribution in [3.05, 3.63) is 45.4 Å². The van der Waals surface area contributed by atoms with Gasteiger partial charge in [0.2, 0.25) is 0 Å². The fraction of sp³-hybridized carbons (Fsp3) is 0.357. The fourth-order valence-corrected chi connectivity index (χ4v) is 2.44.